The summed E-state index contributed by atoms with van der Waals surface area (Å²) < 4.78 is 17.3. The summed E-state index contributed by atoms with van der Waals surface area (Å²) in [6.45, 7) is 3.37. The number of ether oxygens (including phenoxy) is 3. The van der Waals surface area contributed by atoms with Crippen LogP contribution in [0.3, 0.4) is 0 Å². The Labute approximate surface area is 142 Å². The Kier molecular flexibility index (Phi) is 3.57. The van der Waals surface area contributed by atoms with Gasteiger partial charge in [-0.2, -0.15) is 0 Å². The number of hydrogen-bond donors (Lipinski definition) is 0. The Morgan fingerprint density at radius 3 is 3.00 bits per heavy atom. The number of carbonyl (C=O) groups excluding carboxylic acids is 1. The lowest BCUT2D eigenvalue weighted by Crippen LogP contribution is -2.48. The zero-order valence-corrected chi connectivity index (χ0v) is 14.4. The van der Waals surface area contributed by atoms with Gasteiger partial charge < -0.3 is 19.1 Å². The van der Waals surface area contributed by atoms with E-state index in [-0.39, 0.29) is 23.6 Å². The van der Waals surface area contributed by atoms with E-state index < -0.39 is 0 Å². The van der Waals surface area contributed by atoms with Gasteiger partial charge in [0.2, 0.25) is 0 Å². The minimum atomic E-state index is -0.257. The van der Waals surface area contributed by atoms with Crippen LogP contribution in [0.2, 0.25) is 0 Å². The molecule has 3 atom stereocenters. The number of hydrogen-bond acceptors (Lipinski definition) is 5. The van der Waals surface area contributed by atoms with Crippen molar-refractivity contribution in [2.45, 2.75) is 37.4 Å². The van der Waals surface area contributed by atoms with Crippen molar-refractivity contribution in [2.75, 3.05) is 27.2 Å². The molecule has 0 radical (unpaired) electrons. The largest absolute Gasteiger partial charge is 0.493 e. The van der Waals surface area contributed by atoms with Crippen LogP contribution in [0.25, 0.3) is 0 Å². The van der Waals surface area contributed by atoms with Crippen molar-refractivity contribution < 1.29 is 19.0 Å². The molecule has 2 heterocycles. The molecule has 1 aliphatic carbocycles. The van der Waals surface area contributed by atoms with Crippen molar-refractivity contribution in [1.82, 2.24) is 4.90 Å². The first kappa shape index (κ1) is 15.5. The van der Waals surface area contributed by atoms with E-state index in [9.17, 15) is 4.79 Å². The van der Waals surface area contributed by atoms with Gasteiger partial charge in [0, 0.05) is 32.0 Å². The van der Waals surface area contributed by atoms with E-state index in [1.807, 2.05) is 12.1 Å². The summed E-state index contributed by atoms with van der Waals surface area (Å²) in [5, 5.41) is 0. The zero-order valence-electron chi connectivity index (χ0n) is 14.4. The number of likely N-dealkylation sites (N-methyl/N-ethyl adjacent to an activating group) is 1. The molecule has 0 N–H and O–H groups in total. The molecule has 0 saturated heterocycles. The second-order valence-electron chi connectivity index (χ2n) is 7.01. The van der Waals surface area contributed by atoms with Crippen LogP contribution in [0.15, 0.2) is 24.3 Å². The fourth-order valence-corrected chi connectivity index (χ4v) is 4.40. The van der Waals surface area contributed by atoms with Gasteiger partial charge in [-0.1, -0.05) is 12.1 Å². The molecule has 24 heavy (non-hydrogen) atoms. The highest BCUT2D eigenvalue weighted by Crippen LogP contribution is 2.54. The summed E-state index contributed by atoms with van der Waals surface area (Å²) in [5.74, 6) is 1.39. The highest BCUT2D eigenvalue weighted by molar-refractivity contribution is 5.66. The summed E-state index contributed by atoms with van der Waals surface area (Å²) >= 11 is 0. The number of esters is 1. The maximum Gasteiger partial charge on any atom is 0.303 e. The van der Waals surface area contributed by atoms with Gasteiger partial charge in [0.05, 0.1) is 12.5 Å². The van der Waals surface area contributed by atoms with Crippen molar-refractivity contribution in [2.24, 2.45) is 0 Å². The molecule has 128 valence electrons. The summed E-state index contributed by atoms with van der Waals surface area (Å²) in [5.41, 5.74) is 2.39. The fourth-order valence-electron chi connectivity index (χ4n) is 4.40. The van der Waals surface area contributed by atoms with Gasteiger partial charge in [-0.3, -0.25) is 4.79 Å². The molecule has 1 aromatic rings. The first-order valence-corrected chi connectivity index (χ1v) is 8.45. The minimum Gasteiger partial charge on any atom is -0.493 e. The maximum absolute atomic E-state index is 11.3. The van der Waals surface area contributed by atoms with Gasteiger partial charge in [0.15, 0.2) is 11.5 Å². The number of benzene rings is 1. The normalized spacial score (nSPS) is 30.8. The lowest BCUT2D eigenvalue weighted by molar-refractivity contribution is -0.145. The first-order chi connectivity index (χ1) is 11.5. The van der Waals surface area contributed by atoms with E-state index in [0.717, 1.165) is 31.0 Å². The van der Waals surface area contributed by atoms with Crippen molar-refractivity contribution in [3.05, 3.63) is 35.4 Å². The van der Waals surface area contributed by atoms with Crippen molar-refractivity contribution in [1.29, 1.82) is 0 Å². The van der Waals surface area contributed by atoms with Crippen LogP contribution in [0, 0.1) is 0 Å². The molecule has 0 saturated carbocycles. The molecule has 3 aliphatic rings. The van der Waals surface area contributed by atoms with Crippen LogP contribution in [-0.4, -0.2) is 50.3 Å². The highest BCUT2D eigenvalue weighted by Gasteiger charge is 2.53. The number of methoxy groups -OCH3 is 1. The fraction of sp³-hybridized carbons (Fsp3) is 0.526. The molecular weight excluding hydrogens is 306 g/mol. The smallest absolute Gasteiger partial charge is 0.303 e. The molecule has 1 unspecified atom stereocenters. The molecule has 1 aromatic carbocycles. The molecule has 4 rings (SSSR count). The Bertz CT molecular complexity index is 714. The van der Waals surface area contributed by atoms with E-state index >= 15 is 0 Å². The van der Waals surface area contributed by atoms with E-state index in [0.29, 0.717) is 6.42 Å². The van der Waals surface area contributed by atoms with Gasteiger partial charge in [0.25, 0.3) is 0 Å². The Morgan fingerprint density at radius 1 is 1.42 bits per heavy atom. The topological polar surface area (TPSA) is 48.0 Å². The summed E-state index contributed by atoms with van der Waals surface area (Å²) in [7, 11) is 3.83. The Hall–Kier alpha value is -2.01. The third-order valence-corrected chi connectivity index (χ3v) is 5.39. The standard InChI is InChI=1S/C19H23NO4/c1-12(21)23-14-6-8-19-11-20(2)9-7-13-4-5-15(22-3)18(17(13)19)24-16(19)10-14/h4-6,8,14,16H,7,9-11H2,1-3H3/t14-,16?,19+/m1/s1. The van der Waals surface area contributed by atoms with Gasteiger partial charge in [-0.05, 0) is 31.2 Å². The Balaban J connectivity index is 1.83. The minimum absolute atomic E-state index is 0.0440. The molecule has 5 heteroatoms. The van der Waals surface area contributed by atoms with Crippen LogP contribution >= 0.6 is 0 Å². The van der Waals surface area contributed by atoms with Crippen LogP contribution in [0.5, 0.6) is 11.5 Å². The first-order valence-electron chi connectivity index (χ1n) is 8.45. The van der Waals surface area contributed by atoms with E-state index in [1.165, 1.54) is 18.1 Å². The summed E-state index contributed by atoms with van der Waals surface area (Å²) in [6, 6.07) is 4.16. The molecule has 2 aliphatic heterocycles. The average molecular weight is 329 g/mol. The van der Waals surface area contributed by atoms with E-state index in [4.69, 9.17) is 14.2 Å². The van der Waals surface area contributed by atoms with Gasteiger partial charge >= 0.3 is 5.97 Å². The lowest BCUT2D eigenvalue weighted by Gasteiger charge is -2.38. The molecule has 0 aromatic heterocycles. The summed E-state index contributed by atoms with van der Waals surface area (Å²) in [6.07, 6.45) is 5.63. The monoisotopic (exact) mass is 329 g/mol. The van der Waals surface area contributed by atoms with Crippen LogP contribution in [-0.2, 0) is 21.4 Å². The molecular formula is C19H23NO4. The second kappa shape index (κ2) is 5.52. The van der Waals surface area contributed by atoms with Crippen LogP contribution in [0.1, 0.15) is 24.5 Å². The van der Waals surface area contributed by atoms with Gasteiger partial charge in [-0.15, -0.1) is 0 Å². The molecule has 0 amide bonds. The van der Waals surface area contributed by atoms with Crippen molar-refractivity contribution >= 4 is 5.97 Å². The maximum atomic E-state index is 11.3. The molecule has 0 bridgehead atoms. The lowest BCUT2D eigenvalue weighted by atomic mass is 9.70. The molecule has 0 fully saturated rings. The third-order valence-electron chi connectivity index (χ3n) is 5.39. The average Bonchev–Trinajstić information content (AvgIpc) is 2.78. The Morgan fingerprint density at radius 2 is 2.25 bits per heavy atom. The number of carbonyl (C=O) groups is 1. The van der Waals surface area contributed by atoms with E-state index in [2.05, 4.69) is 24.1 Å². The molecule has 1 spiro atoms. The summed E-state index contributed by atoms with van der Waals surface area (Å²) in [4.78, 5) is 13.7. The van der Waals surface area contributed by atoms with Crippen molar-refractivity contribution in [3.63, 3.8) is 0 Å². The quantitative estimate of drug-likeness (QED) is 0.614. The van der Waals surface area contributed by atoms with Gasteiger partial charge in [0.1, 0.15) is 12.2 Å². The number of rotatable bonds is 2. The van der Waals surface area contributed by atoms with Crippen molar-refractivity contribution in [3.8, 4) is 11.5 Å². The third kappa shape index (κ3) is 2.22. The predicted molar refractivity (Wildman–Crippen MR) is 89.6 cm³/mol. The highest BCUT2D eigenvalue weighted by atomic mass is 16.5. The predicted octanol–water partition coefficient (Wildman–Crippen LogP) is 2.07. The van der Waals surface area contributed by atoms with Crippen LogP contribution < -0.4 is 9.47 Å². The van der Waals surface area contributed by atoms with Gasteiger partial charge in [-0.25, -0.2) is 0 Å². The zero-order chi connectivity index (χ0) is 16.9. The molecule has 5 nitrogen and oxygen atoms in total. The SMILES string of the molecule is COc1ccc2c3c1OC1C[C@H](OC(C)=O)C=C[C@@]31CN(C)CC2. The van der Waals surface area contributed by atoms with E-state index in [1.54, 1.807) is 7.11 Å². The second-order valence-corrected chi connectivity index (χ2v) is 7.01. The number of nitrogens with zero attached hydrogens (tertiary/aromatic N) is 1. The van der Waals surface area contributed by atoms with Crippen LogP contribution in [0.4, 0.5) is 0 Å².